The second kappa shape index (κ2) is 12.4. The molecule has 5 heteroatoms. The van der Waals surface area contributed by atoms with Crippen molar-refractivity contribution in [3.63, 3.8) is 0 Å². The molecule has 36 heavy (non-hydrogen) atoms. The highest BCUT2D eigenvalue weighted by Gasteiger charge is 2.32. The van der Waals surface area contributed by atoms with Gasteiger partial charge in [0.05, 0.1) is 12.5 Å². The minimum Gasteiger partial charge on any atom is -0.511 e. The Morgan fingerprint density at radius 3 is 2.31 bits per heavy atom. The molecule has 0 bridgehead atoms. The van der Waals surface area contributed by atoms with Crippen molar-refractivity contribution < 1.29 is 5.11 Å². The second-order valence-corrected chi connectivity index (χ2v) is 14.1. The Balaban J connectivity index is 1.71. The van der Waals surface area contributed by atoms with E-state index in [-0.39, 0.29) is 16.7 Å². The van der Waals surface area contributed by atoms with Crippen molar-refractivity contribution in [2.45, 2.75) is 60.9 Å². The summed E-state index contributed by atoms with van der Waals surface area (Å²) in [6.45, 7) is 16.7. The smallest absolute Gasteiger partial charge is 0.105 e. The van der Waals surface area contributed by atoms with Gasteiger partial charge in [0.1, 0.15) is 5.76 Å². The molecule has 2 atom stereocenters. The second-order valence-electron chi connectivity index (χ2n) is 12.2. The Kier molecular flexibility index (Phi) is 10.0. The Bertz CT molecular complexity index is 1050. The Labute approximate surface area is 235 Å². The van der Waals surface area contributed by atoms with Crippen LogP contribution < -0.4 is 0 Å². The highest BCUT2D eigenvalue weighted by atomic mass is 79.9. The van der Waals surface area contributed by atoms with Gasteiger partial charge in [0.25, 0.3) is 0 Å². The summed E-state index contributed by atoms with van der Waals surface area (Å²) >= 11 is 7.35. The molecule has 2 aliphatic carbocycles. The van der Waals surface area contributed by atoms with Gasteiger partial charge in [-0.05, 0) is 51.3 Å². The molecule has 0 fully saturated rings. The minimum atomic E-state index is -0.107. The molecule has 3 nitrogen and oxygen atoms in total. The van der Waals surface area contributed by atoms with Gasteiger partial charge in [-0.15, -0.1) is 0 Å². The number of aliphatic imine (C=N–C) groups is 1. The van der Waals surface area contributed by atoms with Crippen molar-refractivity contribution in [1.29, 1.82) is 0 Å². The van der Waals surface area contributed by atoms with E-state index in [1.165, 1.54) is 15.6 Å². The van der Waals surface area contributed by atoms with E-state index in [9.17, 15) is 5.11 Å². The molecule has 196 valence electrons. The van der Waals surface area contributed by atoms with Crippen LogP contribution in [0.1, 0.15) is 59.9 Å². The van der Waals surface area contributed by atoms with Gasteiger partial charge in [-0.2, -0.15) is 0 Å². The van der Waals surface area contributed by atoms with Crippen LogP contribution in [0.3, 0.4) is 0 Å². The Morgan fingerprint density at radius 1 is 1.00 bits per heavy atom. The lowest BCUT2D eigenvalue weighted by atomic mass is 9.72. The first-order chi connectivity index (χ1) is 16.8. The highest BCUT2D eigenvalue weighted by Crippen LogP contribution is 2.42. The van der Waals surface area contributed by atoms with Crippen LogP contribution in [0.25, 0.3) is 0 Å². The third kappa shape index (κ3) is 8.56. The Morgan fingerprint density at radius 2 is 1.69 bits per heavy atom. The van der Waals surface area contributed by atoms with Gasteiger partial charge in [0.15, 0.2) is 0 Å². The molecule has 0 spiro atoms. The van der Waals surface area contributed by atoms with Crippen LogP contribution in [0.5, 0.6) is 0 Å². The van der Waals surface area contributed by atoms with Crippen LogP contribution in [-0.4, -0.2) is 35.9 Å². The third-order valence-corrected chi connectivity index (χ3v) is 7.92. The zero-order chi connectivity index (χ0) is 26.5. The average molecular weight is 618 g/mol. The molecule has 0 aromatic heterocycles. The highest BCUT2D eigenvalue weighted by molar-refractivity contribution is 9.12. The number of benzene rings is 1. The lowest BCUT2D eigenvalue weighted by Gasteiger charge is -2.34. The third-order valence-electron chi connectivity index (χ3n) is 6.88. The molecule has 2 unspecified atom stereocenters. The van der Waals surface area contributed by atoms with E-state index in [1.807, 2.05) is 6.21 Å². The fourth-order valence-electron chi connectivity index (χ4n) is 4.80. The van der Waals surface area contributed by atoms with Gasteiger partial charge in [0.2, 0.25) is 0 Å². The normalized spacial score (nSPS) is 21.6. The van der Waals surface area contributed by atoms with E-state index in [0.29, 0.717) is 18.2 Å². The first-order valence-electron chi connectivity index (χ1n) is 13.0. The van der Waals surface area contributed by atoms with Gasteiger partial charge >= 0.3 is 0 Å². The van der Waals surface area contributed by atoms with Crippen LogP contribution in [0, 0.1) is 22.7 Å². The average Bonchev–Trinajstić information content (AvgIpc) is 2.76. The number of aliphatic hydroxyl groups excluding tert-OH is 1. The summed E-state index contributed by atoms with van der Waals surface area (Å²) in [6, 6.07) is 10.7. The van der Waals surface area contributed by atoms with Crippen molar-refractivity contribution in [3.8, 4) is 0 Å². The van der Waals surface area contributed by atoms with Gasteiger partial charge in [-0.1, -0.05) is 121 Å². The minimum absolute atomic E-state index is 0.0562. The molecular formula is C31H42Br2N2O. The fraction of sp³-hybridized carbons (Fsp3) is 0.516. The van der Waals surface area contributed by atoms with Crippen molar-refractivity contribution in [3.05, 3.63) is 80.0 Å². The topological polar surface area (TPSA) is 35.8 Å². The molecule has 0 saturated carbocycles. The Hall–Kier alpha value is -1.43. The van der Waals surface area contributed by atoms with Crippen molar-refractivity contribution in [1.82, 2.24) is 4.90 Å². The van der Waals surface area contributed by atoms with Crippen molar-refractivity contribution >= 4 is 38.1 Å². The molecule has 0 aliphatic heterocycles. The molecule has 1 aromatic rings. The van der Waals surface area contributed by atoms with Crippen molar-refractivity contribution in [2.75, 3.05) is 19.6 Å². The molecule has 3 rings (SSSR count). The zero-order valence-corrected chi connectivity index (χ0v) is 25.9. The monoisotopic (exact) mass is 616 g/mol. The van der Waals surface area contributed by atoms with Crippen LogP contribution >= 0.6 is 31.9 Å². The SMILES string of the molecule is CC(C)(C)C1=CC(C(C)(C)C)=C(O)C(/C=N/CCN(Cc2ccccc2)CC2C=C(Br)C=C(Br)C2)C1. The van der Waals surface area contributed by atoms with Crippen LogP contribution in [0.4, 0.5) is 0 Å². The number of rotatable bonds is 8. The van der Waals surface area contributed by atoms with E-state index >= 15 is 0 Å². The quantitative estimate of drug-likeness (QED) is 0.295. The lowest BCUT2D eigenvalue weighted by Crippen LogP contribution is -2.31. The summed E-state index contributed by atoms with van der Waals surface area (Å²) in [5, 5.41) is 11.1. The maximum Gasteiger partial charge on any atom is 0.105 e. The van der Waals surface area contributed by atoms with Crippen LogP contribution in [0.15, 0.2) is 79.4 Å². The number of halogens is 2. The fourth-order valence-corrected chi connectivity index (χ4v) is 6.42. The van der Waals surface area contributed by atoms with E-state index in [0.717, 1.165) is 42.5 Å². The van der Waals surface area contributed by atoms with Gasteiger partial charge in [0, 0.05) is 30.3 Å². The summed E-state index contributed by atoms with van der Waals surface area (Å²) in [6.07, 6.45) is 10.5. The van der Waals surface area contributed by atoms with Gasteiger partial charge < -0.3 is 5.11 Å². The summed E-state index contributed by atoms with van der Waals surface area (Å²) in [4.78, 5) is 7.35. The van der Waals surface area contributed by atoms with E-state index in [2.05, 4.69) is 127 Å². The van der Waals surface area contributed by atoms with E-state index in [4.69, 9.17) is 4.99 Å². The number of hydrogen-bond acceptors (Lipinski definition) is 3. The van der Waals surface area contributed by atoms with Crippen LogP contribution in [-0.2, 0) is 6.54 Å². The van der Waals surface area contributed by atoms with Crippen LogP contribution in [0.2, 0.25) is 0 Å². The van der Waals surface area contributed by atoms with Gasteiger partial charge in [-0.25, -0.2) is 0 Å². The molecule has 2 aliphatic rings. The summed E-state index contributed by atoms with van der Waals surface area (Å²) < 4.78 is 2.37. The largest absolute Gasteiger partial charge is 0.511 e. The molecule has 0 radical (unpaired) electrons. The number of hydrogen-bond donors (Lipinski definition) is 1. The van der Waals surface area contributed by atoms with Crippen molar-refractivity contribution in [2.24, 2.45) is 27.7 Å². The molecule has 0 amide bonds. The molecule has 0 saturated heterocycles. The summed E-state index contributed by atoms with van der Waals surface area (Å²) in [5.74, 6) is 0.874. The molecule has 1 N–H and O–H groups in total. The first-order valence-corrected chi connectivity index (χ1v) is 14.6. The summed E-state index contributed by atoms with van der Waals surface area (Å²) in [7, 11) is 0. The van der Waals surface area contributed by atoms with E-state index in [1.54, 1.807) is 0 Å². The van der Waals surface area contributed by atoms with E-state index < -0.39 is 0 Å². The number of aliphatic hydroxyl groups is 1. The molecule has 1 aromatic carbocycles. The predicted octanol–water partition coefficient (Wildman–Crippen LogP) is 8.99. The number of allylic oxidation sites excluding steroid dienone is 7. The summed E-state index contributed by atoms with van der Waals surface area (Å²) in [5.41, 5.74) is 3.69. The zero-order valence-electron chi connectivity index (χ0n) is 22.7. The first kappa shape index (κ1) is 29.1. The molecule has 0 heterocycles. The molecular weight excluding hydrogens is 576 g/mol. The predicted molar refractivity (Wildman–Crippen MR) is 162 cm³/mol. The maximum absolute atomic E-state index is 11.1. The number of nitrogens with zero attached hydrogens (tertiary/aromatic N) is 2. The van der Waals surface area contributed by atoms with Gasteiger partial charge in [-0.3, -0.25) is 9.89 Å². The maximum atomic E-state index is 11.1. The standard InChI is InChI=1S/C31H42Br2N2O/c1-30(2,3)25-16-24(29(36)28(17-25)31(4,5)6)19-34-12-13-35(20-22-10-8-7-9-11-22)21-23-14-26(32)18-27(33)15-23/h7-11,14,17-19,23-24,36H,12-13,15-16,20-21H2,1-6H3/b34-19+. The lowest BCUT2D eigenvalue weighted by molar-refractivity contribution is 0.246.